The second-order valence-electron chi connectivity index (χ2n) is 5.64. The van der Waals surface area contributed by atoms with Crippen molar-refractivity contribution in [2.45, 2.75) is 13.5 Å². The van der Waals surface area contributed by atoms with E-state index in [1.165, 1.54) is 5.39 Å². The van der Waals surface area contributed by atoms with Crippen molar-refractivity contribution in [3.8, 4) is 5.75 Å². The highest BCUT2D eigenvalue weighted by Crippen LogP contribution is 2.30. The SMILES string of the molecule is CCN1CCN(Cc2c(O)ccc3cc(Br)ccc23)CC1. The van der Waals surface area contributed by atoms with E-state index in [2.05, 4.69) is 44.8 Å². The molecule has 0 aliphatic carbocycles. The van der Waals surface area contributed by atoms with Gasteiger partial charge in [-0.05, 0) is 35.5 Å². The number of nitrogens with zero attached hydrogens (tertiary/aromatic N) is 2. The quantitative estimate of drug-likeness (QED) is 0.920. The topological polar surface area (TPSA) is 26.7 Å². The molecule has 3 rings (SSSR count). The van der Waals surface area contributed by atoms with Crippen molar-refractivity contribution < 1.29 is 5.11 Å². The molecule has 0 saturated carbocycles. The predicted molar refractivity (Wildman–Crippen MR) is 90.7 cm³/mol. The molecule has 1 saturated heterocycles. The highest BCUT2D eigenvalue weighted by atomic mass is 79.9. The summed E-state index contributed by atoms with van der Waals surface area (Å²) < 4.78 is 1.07. The van der Waals surface area contributed by atoms with Gasteiger partial charge in [0.15, 0.2) is 0 Å². The first kappa shape index (κ1) is 14.8. The average Bonchev–Trinajstić information content (AvgIpc) is 2.51. The zero-order valence-corrected chi connectivity index (χ0v) is 13.9. The van der Waals surface area contributed by atoms with Crippen LogP contribution < -0.4 is 0 Å². The van der Waals surface area contributed by atoms with Crippen LogP contribution in [0, 0.1) is 0 Å². The molecule has 0 bridgehead atoms. The highest BCUT2D eigenvalue weighted by Gasteiger charge is 2.18. The summed E-state index contributed by atoms with van der Waals surface area (Å²) in [7, 11) is 0. The van der Waals surface area contributed by atoms with Crippen LogP contribution in [0.15, 0.2) is 34.8 Å². The van der Waals surface area contributed by atoms with Gasteiger partial charge in [-0.1, -0.05) is 35.0 Å². The predicted octanol–water partition coefficient (Wildman–Crippen LogP) is 3.45. The molecular weight excluding hydrogens is 328 g/mol. The molecule has 2 aromatic carbocycles. The molecule has 1 N–H and O–H groups in total. The molecule has 2 aromatic rings. The number of aromatic hydroxyl groups is 1. The molecule has 21 heavy (non-hydrogen) atoms. The van der Waals surface area contributed by atoms with Crippen molar-refractivity contribution in [1.29, 1.82) is 0 Å². The Hall–Kier alpha value is -1.10. The number of piperazine rings is 1. The Balaban J connectivity index is 1.85. The van der Waals surface area contributed by atoms with Gasteiger partial charge in [-0.3, -0.25) is 4.90 Å². The zero-order chi connectivity index (χ0) is 14.8. The van der Waals surface area contributed by atoms with Crippen LogP contribution in [0.2, 0.25) is 0 Å². The molecule has 1 heterocycles. The number of hydrogen-bond acceptors (Lipinski definition) is 3. The maximum atomic E-state index is 10.3. The van der Waals surface area contributed by atoms with Gasteiger partial charge >= 0.3 is 0 Å². The first-order chi connectivity index (χ1) is 10.2. The fourth-order valence-electron chi connectivity index (χ4n) is 3.01. The van der Waals surface area contributed by atoms with Gasteiger partial charge in [0.25, 0.3) is 0 Å². The number of halogens is 1. The lowest BCUT2D eigenvalue weighted by Crippen LogP contribution is -2.45. The van der Waals surface area contributed by atoms with Gasteiger partial charge in [-0.25, -0.2) is 0 Å². The normalized spacial score (nSPS) is 17.4. The molecule has 112 valence electrons. The van der Waals surface area contributed by atoms with Crippen LogP contribution in [0.1, 0.15) is 12.5 Å². The van der Waals surface area contributed by atoms with Gasteiger partial charge in [0.2, 0.25) is 0 Å². The van der Waals surface area contributed by atoms with Crippen molar-refractivity contribution in [2.24, 2.45) is 0 Å². The van der Waals surface area contributed by atoms with E-state index in [1.807, 2.05) is 18.2 Å². The fourth-order valence-corrected chi connectivity index (χ4v) is 3.39. The summed E-state index contributed by atoms with van der Waals surface area (Å²) >= 11 is 3.51. The summed E-state index contributed by atoms with van der Waals surface area (Å²) in [6, 6.07) is 10.0. The third-order valence-corrected chi connectivity index (χ3v) is 4.86. The Morgan fingerprint density at radius 2 is 1.76 bits per heavy atom. The minimum absolute atomic E-state index is 0.405. The highest BCUT2D eigenvalue weighted by molar-refractivity contribution is 9.10. The van der Waals surface area contributed by atoms with Crippen LogP contribution in [0.5, 0.6) is 5.75 Å². The molecule has 3 nitrogen and oxygen atoms in total. The van der Waals surface area contributed by atoms with Crippen molar-refractivity contribution >= 4 is 26.7 Å². The Kier molecular flexibility index (Phi) is 4.48. The molecule has 4 heteroatoms. The van der Waals surface area contributed by atoms with Gasteiger partial charge in [-0.15, -0.1) is 0 Å². The first-order valence-corrected chi connectivity index (χ1v) is 8.31. The molecule has 0 atom stereocenters. The van der Waals surface area contributed by atoms with Crippen LogP contribution in [0.25, 0.3) is 10.8 Å². The second kappa shape index (κ2) is 6.34. The lowest BCUT2D eigenvalue weighted by Gasteiger charge is -2.34. The lowest BCUT2D eigenvalue weighted by atomic mass is 10.0. The summed E-state index contributed by atoms with van der Waals surface area (Å²) in [6.07, 6.45) is 0. The second-order valence-corrected chi connectivity index (χ2v) is 6.55. The van der Waals surface area contributed by atoms with E-state index in [4.69, 9.17) is 0 Å². The molecule has 0 radical (unpaired) electrons. The molecule has 0 aromatic heterocycles. The third-order valence-electron chi connectivity index (χ3n) is 4.36. The van der Waals surface area contributed by atoms with Crippen molar-refractivity contribution in [3.63, 3.8) is 0 Å². The summed E-state index contributed by atoms with van der Waals surface area (Å²) in [6.45, 7) is 8.54. The molecule has 0 amide bonds. The fraction of sp³-hybridized carbons (Fsp3) is 0.412. The Labute approximate surface area is 134 Å². The Morgan fingerprint density at radius 1 is 1.05 bits per heavy atom. The molecule has 1 aliphatic rings. The minimum atomic E-state index is 0.405. The van der Waals surface area contributed by atoms with E-state index in [-0.39, 0.29) is 0 Å². The van der Waals surface area contributed by atoms with E-state index in [9.17, 15) is 5.11 Å². The van der Waals surface area contributed by atoms with Crippen LogP contribution >= 0.6 is 15.9 Å². The summed E-state index contributed by atoms with van der Waals surface area (Å²) in [4.78, 5) is 4.90. The molecule has 0 unspecified atom stereocenters. The van der Waals surface area contributed by atoms with Crippen molar-refractivity contribution in [1.82, 2.24) is 9.80 Å². The summed E-state index contributed by atoms with van der Waals surface area (Å²) in [5, 5.41) is 12.6. The number of benzene rings is 2. The number of rotatable bonds is 3. The number of phenols is 1. The Morgan fingerprint density at radius 3 is 2.48 bits per heavy atom. The van der Waals surface area contributed by atoms with E-state index < -0.39 is 0 Å². The molecule has 1 aliphatic heterocycles. The summed E-state index contributed by atoms with van der Waals surface area (Å²) in [5.74, 6) is 0.405. The van der Waals surface area contributed by atoms with E-state index in [1.54, 1.807) is 0 Å². The van der Waals surface area contributed by atoms with Gasteiger partial charge in [-0.2, -0.15) is 0 Å². The monoisotopic (exact) mass is 348 g/mol. The van der Waals surface area contributed by atoms with Crippen molar-refractivity contribution in [2.75, 3.05) is 32.7 Å². The number of hydrogen-bond donors (Lipinski definition) is 1. The molecule has 1 fully saturated rings. The van der Waals surface area contributed by atoms with Gasteiger partial charge in [0.1, 0.15) is 5.75 Å². The smallest absolute Gasteiger partial charge is 0.120 e. The van der Waals surface area contributed by atoms with Crippen LogP contribution in [0.4, 0.5) is 0 Å². The maximum absolute atomic E-state index is 10.3. The largest absolute Gasteiger partial charge is 0.508 e. The third kappa shape index (κ3) is 3.23. The van der Waals surface area contributed by atoms with E-state index in [0.29, 0.717) is 5.75 Å². The molecule has 0 spiro atoms. The number of likely N-dealkylation sites (N-methyl/N-ethyl adjacent to an activating group) is 1. The average molecular weight is 349 g/mol. The standard InChI is InChI=1S/C17H21BrN2O/c1-2-19-7-9-20(10-8-19)12-16-15-5-4-14(18)11-13(15)3-6-17(16)21/h3-6,11,21H,2,7-10,12H2,1H3. The summed E-state index contributed by atoms with van der Waals surface area (Å²) in [5.41, 5.74) is 1.05. The number of fused-ring (bicyclic) bond motifs is 1. The lowest BCUT2D eigenvalue weighted by molar-refractivity contribution is 0.131. The van der Waals surface area contributed by atoms with Gasteiger partial charge in [0.05, 0.1) is 0 Å². The van der Waals surface area contributed by atoms with Crippen LogP contribution in [-0.4, -0.2) is 47.6 Å². The minimum Gasteiger partial charge on any atom is -0.508 e. The zero-order valence-electron chi connectivity index (χ0n) is 12.3. The first-order valence-electron chi connectivity index (χ1n) is 7.52. The molecular formula is C17H21BrN2O. The van der Waals surface area contributed by atoms with Gasteiger partial charge < -0.3 is 10.0 Å². The van der Waals surface area contributed by atoms with E-state index >= 15 is 0 Å². The van der Waals surface area contributed by atoms with E-state index in [0.717, 1.165) is 54.7 Å². The van der Waals surface area contributed by atoms with Crippen LogP contribution in [-0.2, 0) is 6.54 Å². The number of phenolic OH excluding ortho intramolecular Hbond substituents is 1. The van der Waals surface area contributed by atoms with Crippen molar-refractivity contribution in [3.05, 3.63) is 40.4 Å². The van der Waals surface area contributed by atoms with Crippen LogP contribution in [0.3, 0.4) is 0 Å². The van der Waals surface area contributed by atoms with Gasteiger partial charge in [0, 0.05) is 42.8 Å². The Bertz CT molecular complexity index is 636. The maximum Gasteiger partial charge on any atom is 0.120 e.